The van der Waals surface area contributed by atoms with Crippen LogP contribution in [-0.4, -0.2) is 24.3 Å². The number of sulfonamides is 1. The zero-order valence-electron chi connectivity index (χ0n) is 17.4. The number of nitrogen functional groups attached to an aromatic ring is 1. The molecule has 0 bridgehead atoms. The Morgan fingerprint density at radius 1 is 1.12 bits per heavy atom. The predicted octanol–water partition coefficient (Wildman–Crippen LogP) is 3.61. The highest BCUT2D eigenvalue weighted by Crippen LogP contribution is 2.34. The molecule has 3 heterocycles. The van der Waals surface area contributed by atoms with Crippen molar-refractivity contribution in [1.29, 1.82) is 0 Å². The fourth-order valence-corrected chi connectivity index (χ4v) is 5.72. The maximum Gasteiger partial charge on any atom is 0.270 e. The Balaban J connectivity index is 1.35. The van der Waals surface area contributed by atoms with Crippen molar-refractivity contribution in [3.05, 3.63) is 69.6 Å². The van der Waals surface area contributed by atoms with Crippen LogP contribution in [0.4, 0.5) is 17.3 Å². The molecule has 4 N–H and O–H groups in total. The lowest BCUT2D eigenvalue weighted by atomic mass is 9.95. The first-order valence-electron chi connectivity index (χ1n) is 10.3. The molecule has 0 aliphatic heterocycles. The topological polar surface area (TPSA) is 143 Å². The number of hydrogen-bond acceptors (Lipinski definition) is 7. The van der Waals surface area contributed by atoms with Crippen molar-refractivity contribution in [2.45, 2.75) is 30.6 Å². The average Bonchev–Trinajstić information content (AvgIpc) is 3.14. The van der Waals surface area contributed by atoms with E-state index < -0.39 is 10.0 Å². The maximum atomic E-state index is 12.9. The van der Waals surface area contributed by atoms with Gasteiger partial charge in [0.1, 0.15) is 4.88 Å². The van der Waals surface area contributed by atoms with Crippen molar-refractivity contribution in [1.82, 2.24) is 9.97 Å². The fourth-order valence-electron chi connectivity index (χ4n) is 3.80. The van der Waals surface area contributed by atoms with Crippen molar-refractivity contribution in [3.8, 4) is 0 Å². The van der Waals surface area contributed by atoms with Gasteiger partial charge in [0.15, 0.2) is 5.69 Å². The Bertz CT molecular complexity index is 1450. The number of pyridine rings is 1. The third-order valence-electron chi connectivity index (χ3n) is 5.45. The minimum Gasteiger partial charge on any atom is -0.397 e. The number of carbonyl (C=O) groups is 1. The van der Waals surface area contributed by atoms with Gasteiger partial charge in [-0.15, -0.1) is 0 Å². The largest absolute Gasteiger partial charge is 0.397 e. The number of nitrogens with zero attached hydrogens (tertiary/aromatic N) is 3. The molecule has 0 atom stereocenters. The zero-order chi connectivity index (χ0) is 23.0. The summed E-state index contributed by atoms with van der Waals surface area (Å²) in [6.45, 7) is 0. The van der Waals surface area contributed by atoms with E-state index in [1.54, 1.807) is 6.07 Å². The van der Waals surface area contributed by atoms with Gasteiger partial charge in [-0.2, -0.15) is 4.98 Å². The summed E-state index contributed by atoms with van der Waals surface area (Å²) in [5.74, 6) is -0.494. The van der Waals surface area contributed by atoms with Crippen molar-refractivity contribution in [3.63, 3.8) is 0 Å². The SMILES string of the molecule is Nc1c(C(=O)Nc2ccc(S(=O)(=O)[N-]c3ncccn3)cc2)sc2[nH+]c3c(cc12)CCCC3. The van der Waals surface area contributed by atoms with Gasteiger partial charge in [-0.1, -0.05) is 17.4 Å². The first-order valence-corrected chi connectivity index (χ1v) is 12.6. The van der Waals surface area contributed by atoms with Crippen LogP contribution < -0.4 is 16.0 Å². The van der Waals surface area contributed by atoms with E-state index in [9.17, 15) is 13.2 Å². The third-order valence-corrected chi connectivity index (χ3v) is 7.85. The summed E-state index contributed by atoms with van der Waals surface area (Å²) in [5.41, 5.74) is 9.66. The molecule has 168 valence electrons. The smallest absolute Gasteiger partial charge is 0.270 e. The molecule has 11 heteroatoms. The van der Waals surface area contributed by atoms with E-state index in [1.807, 2.05) is 0 Å². The van der Waals surface area contributed by atoms with E-state index in [1.165, 1.54) is 59.3 Å². The van der Waals surface area contributed by atoms with E-state index >= 15 is 0 Å². The Morgan fingerprint density at radius 2 is 1.85 bits per heavy atom. The van der Waals surface area contributed by atoms with E-state index in [4.69, 9.17) is 5.73 Å². The molecule has 1 aliphatic rings. The number of aromatic nitrogens is 3. The van der Waals surface area contributed by atoms with Crippen molar-refractivity contribution in [2.75, 3.05) is 11.1 Å². The molecule has 0 radical (unpaired) electrons. The number of anilines is 2. The summed E-state index contributed by atoms with van der Waals surface area (Å²) >= 11 is 1.32. The lowest BCUT2D eigenvalue weighted by Crippen LogP contribution is -2.17. The summed E-state index contributed by atoms with van der Waals surface area (Å²) < 4.78 is 28.5. The second-order valence-corrected chi connectivity index (χ2v) is 10.3. The van der Waals surface area contributed by atoms with Gasteiger partial charge < -0.3 is 21.0 Å². The summed E-state index contributed by atoms with van der Waals surface area (Å²) in [4.78, 5) is 25.2. The van der Waals surface area contributed by atoms with Crippen LogP contribution in [0.2, 0.25) is 0 Å². The number of aryl methyl sites for hydroxylation is 2. The van der Waals surface area contributed by atoms with Gasteiger partial charge in [-0.05, 0) is 62.0 Å². The van der Waals surface area contributed by atoms with Gasteiger partial charge in [-0.25, -0.2) is 8.42 Å². The van der Waals surface area contributed by atoms with E-state index in [0.29, 0.717) is 16.3 Å². The van der Waals surface area contributed by atoms with Gasteiger partial charge >= 0.3 is 0 Å². The normalized spacial score (nSPS) is 13.5. The number of hydrogen-bond donors (Lipinski definition) is 2. The molecule has 0 spiro atoms. The molecule has 5 rings (SSSR count). The second-order valence-electron chi connectivity index (χ2n) is 7.66. The molecule has 1 aromatic carbocycles. The number of fused-ring (bicyclic) bond motifs is 2. The molecule has 0 saturated carbocycles. The Kier molecular flexibility index (Phi) is 5.43. The van der Waals surface area contributed by atoms with E-state index in [2.05, 4.69) is 31.1 Å². The van der Waals surface area contributed by atoms with Crippen LogP contribution in [0.25, 0.3) is 14.9 Å². The van der Waals surface area contributed by atoms with Crippen LogP contribution in [0.15, 0.2) is 53.7 Å². The third kappa shape index (κ3) is 4.24. The molecule has 0 fully saturated rings. The number of H-pyrrole nitrogens is 1. The monoisotopic (exact) mass is 480 g/mol. The Hall–Kier alpha value is -3.57. The highest BCUT2D eigenvalue weighted by atomic mass is 32.2. The van der Waals surface area contributed by atoms with Crippen molar-refractivity contribution < 1.29 is 18.2 Å². The highest BCUT2D eigenvalue weighted by molar-refractivity contribution is 7.94. The summed E-state index contributed by atoms with van der Waals surface area (Å²) in [5, 5.41) is 3.64. The van der Waals surface area contributed by atoms with Gasteiger partial charge in [0.2, 0.25) is 10.0 Å². The van der Waals surface area contributed by atoms with Crippen LogP contribution in [-0.2, 0) is 22.9 Å². The Morgan fingerprint density at radius 3 is 2.61 bits per heavy atom. The average molecular weight is 481 g/mol. The molecule has 1 aliphatic carbocycles. The van der Waals surface area contributed by atoms with Crippen LogP contribution in [0.1, 0.15) is 33.8 Å². The lowest BCUT2D eigenvalue weighted by molar-refractivity contribution is -0.356. The molecular formula is C22H20N6O3S2. The number of nitrogens with two attached hydrogens (primary N) is 1. The van der Waals surface area contributed by atoms with Gasteiger partial charge in [0.25, 0.3) is 10.7 Å². The van der Waals surface area contributed by atoms with Gasteiger partial charge in [0, 0.05) is 23.6 Å². The molecule has 4 aromatic rings. The first-order chi connectivity index (χ1) is 15.9. The zero-order valence-corrected chi connectivity index (χ0v) is 19.0. The number of nitrogens with one attached hydrogen (secondary N) is 2. The van der Waals surface area contributed by atoms with E-state index in [0.717, 1.165) is 35.9 Å². The summed E-state index contributed by atoms with van der Waals surface area (Å²) in [7, 11) is -3.98. The van der Waals surface area contributed by atoms with Crippen LogP contribution >= 0.6 is 11.3 Å². The predicted molar refractivity (Wildman–Crippen MR) is 126 cm³/mol. The number of amides is 1. The number of carbonyl (C=O) groups excluding carboxylic acids is 1. The minimum atomic E-state index is -3.98. The quantitative estimate of drug-likeness (QED) is 0.447. The standard InChI is InChI=1S/C22H20N6O3S2/c23-18-16-12-13-4-1-2-5-17(13)27-21(16)32-19(18)20(29)26-14-6-8-15(9-7-14)33(30,31)28-22-24-10-3-11-25-22/h3,6-12H,1-2,4-5H2,(H4,23,24,25,26,28,29). The van der Waals surface area contributed by atoms with Crippen LogP contribution in [0.5, 0.6) is 0 Å². The number of aromatic amines is 1. The molecule has 33 heavy (non-hydrogen) atoms. The van der Waals surface area contributed by atoms with Crippen LogP contribution in [0, 0.1) is 0 Å². The molecular weight excluding hydrogens is 460 g/mol. The maximum absolute atomic E-state index is 12.9. The van der Waals surface area contributed by atoms with Gasteiger partial charge in [0.05, 0.1) is 16.0 Å². The van der Waals surface area contributed by atoms with E-state index in [-0.39, 0.29) is 16.8 Å². The lowest BCUT2D eigenvalue weighted by Gasteiger charge is -2.12. The molecule has 0 unspecified atom stereocenters. The summed E-state index contributed by atoms with van der Waals surface area (Å²) in [6.07, 6.45) is 7.14. The van der Waals surface area contributed by atoms with Gasteiger partial charge in [-0.3, -0.25) is 9.52 Å². The Labute approximate surface area is 194 Å². The fraction of sp³-hybridized carbons (Fsp3) is 0.182. The molecule has 3 aromatic heterocycles. The highest BCUT2D eigenvalue weighted by Gasteiger charge is 2.24. The number of rotatable bonds is 5. The molecule has 0 saturated heterocycles. The summed E-state index contributed by atoms with van der Waals surface area (Å²) in [6, 6.07) is 9.39. The minimum absolute atomic E-state index is 0.0329. The number of benzene rings is 1. The van der Waals surface area contributed by atoms with Crippen LogP contribution in [0.3, 0.4) is 0 Å². The number of thiophene rings is 1. The second kappa shape index (κ2) is 8.41. The first kappa shape index (κ1) is 21.3. The van der Waals surface area contributed by atoms with Crippen molar-refractivity contribution in [2.24, 2.45) is 0 Å². The van der Waals surface area contributed by atoms with Crippen molar-refractivity contribution >= 4 is 54.8 Å². The molecule has 1 amide bonds. The molecule has 9 nitrogen and oxygen atoms in total.